The molecule has 0 bridgehead atoms. The van der Waals surface area contributed by atoms with E-state index in [4.69, 9.17) is 5.73 Å². The monoisotopic (exact) mass is 287 g/mol. The Kier molecular flexibility index (Phi) is 2.89. The minimum absolute atomic E-state index is 0.211. The summed E-state index contributed by atoms with van der Waals surface area (Å²) in [5, 5.41) is 9.97. The fraction of sp³-hybridized carbons (Fsp3) is 0.789. The zero-order chi connectivity index (χ0) is 14.8. The van der Waals surface area contributed by atoms with Crippen molar-refractivity contribution in [3.63, 3.8) is 0 Å². The molecule has 3 N–H and O–H groups in total. The molecule has 0 aliphatic heterocycles. The molecule has 7 atom stereocenters. The lowest BCUT2D eigenvalue weighted by Gasteiger charge is -2.59. The Labute approximate surface area is 128 Å². The number of hydrogen-bond acceptors (Lipinski definition) is 2. The Morgan fingerprint density at radius 2 is 2.00 bits per heavy atom. The summed E-state index contributed by atoms with van der Waals surface area (Å²) in [5.41, 5.74) is 8.08. The summed E-state index contributed by atoms with van der Waals surface area (Å²) in [6.45, 7) is 4.87. The van der Waals surface area contributed by atoms with Gasteiger partial charge in [0.15, 0.2) is 0 Å². The van der Waals surface area contributed by atoms with Gasteiger partial charge in [0.25, 0.3) is 0 Å². The van der Waals surface area contributed by atoms with Crippen LogP contribution in [0.5, 0.6) is 0 Å². The lowest BCUT2D eigenvalue weighted by Crippen LogP contribution is -2.52. The quantitative estimate of drug-likeness (QED) is 0.668. The number of fused-ring (bicyclic) bond motifs is 5. The minimum atomic E-state index is -0.211. The normalized spacial score (nSPS) is 55.4. The highest BCUT2D eigenvalue weighted by Gasteiger charge is 2.57. The third-order valence-electron chi connectivity index (χ3n) is 7.81. The predicted octanol–water partition coefficient (Wildman–Crippen LogP) is 3.62. The number of aliphatic hydroxyl groups excluding tert-OH is 1. The molecular weight excluding hydrogens is 258 g/mol. The summed E-state index contributed by atoms with van der Waals surface area (Å²) < 4.78 is 0. The van der Waals surface area contributed by atoms with Crippen molar-refractivity contribution in [3.8, 4) is 0 Å². The van der Waals surface area contributed by atoms with E-state index in [1.807, 2.05) is 0 Å². The molecule has 21 heavy (non-hydrogen) atoms. The van der Waals surface area contributed by atoms with Crippen molar-refractivity contribution in [1.82, 2.24) is 0 Å². The van der Waals surface area contributed by atoms with Gasteiger partial charge in [-0.25, -0.2) is 0 Å². The first kappa shape index (κ1) is 13.9. The van der Waals surface area contributed by atoms with Gasteiger partial charge in [0, 0.05) is 11.1 Å². The lowest BCUT2D eigenvalue weighted by molar-refractivity contribution is -0.0712. The molecule has 2 heteroatoms. The van der Waals surface area contributed by atoms with Gasteiger partial charge in [-0.3, -0.25) is 0 Å². The van der Waals surface area contributed by atoms with Crippen molar-refractivity contribution in [2.45, 2.75) is 58.5 Å². The molecule has 2 nitrogen and oxygen atoms in total. The van der Waals surface area contributed by atoms with Crippen molar-refractivity contribution in [3.05, 3.63) is 23.9 Å². The molecule has 2 fully saturated rings. The molecule has 0 amide bonds. The predicted molar refractivity (Wildman–Crippen MR) is 85.3 cm³/mol. The van der Waals surface area contributed by atoms with E-state index in [0.29, 0.717) is 11.3 Å². The maximum atomic E-state index is 9.97. The zero-order valence-electron chi connectivity index (χ0n) is 13.4. The Morgan fingerprint density at radius 3 is 2.81 bits per heavy atom. The van der Waals surface area contributed by atoms with Crippen LogP contribution in [-0.4, -0.2) is 11.2 Å². The van der Waals surface area contributed by atoms with Crippen LogP contribution in [-0.2, 0) is 0 Å². The maximum Gasteiger partial charge on any atom is 0.0724 e. The van der Waals surface area contributed by atoms with Crippen LogP contribution in [0.1, 0.15) is 52.4 Å². The molecule has 0 radical (unpaired) electrons. The van der Waals surface area contributed by atoms with E-state index < -0.39 is 0 Å². The van der Waals surface area contributed by atoms with E-state index >= 15 is 0 Å². The smallest absolute Gasteiger partial charge is 0.0724 e. The molecule has 0 aromatic carbocycles. The summed E-state index contributed by atoms with van der Waals surface area (Å²) >= 11 is 0. The zero-order valence-corrected chi connectivity index (χ0v) is 13.4. The molecule has 2 saturated carbocycles. The van der Waals surface area contributed by atoms with Gasteiger partial charge in [0.05, 0.1) is 6.10 Å². The summed E-state index contributed by atoms with van der Waals surface area (Å²) in [6, 6.07) is 0. The summed E-state index contributed by atoms with van der Waals surface area (Å²) in [5.74, 6) is 3.05. The van der Waals surface area contributed by atoms with Crippen LogP contribution >= 0.6 is 0 Å². The van der Waals surface area contributed by atoms with E-state index in [9.17, 15) is 5.11 Å². The van der Waals surface area contributed by atoms with Crippen LogP contribution in [0.4, 0.5) is 0 Å². The van der Waals surface area contributed by atoms with Gasteiger partial charge >= 0.3 is 0 Å². The van der Waals surface area contributed by atoms with Gasteiger partial charge in [-0.15, -0.1) is 0 Å². The lowest BCUT2D eigenvalue weighted by atomic mass is 9.46. The molecule has 0 spiro atoms. The first-order valence-corrected chi connectivity index (χ1v) is 8.78. The fourth-order valence-electron chi connectivity index (χ4n) is 6.39. The second-order valence-corrected chi connectivity index (χ2v) is 8.53. The molecule has 4 aliphatic carbocycles. The Morgan fingerprint density at radius 1 is 1.19 bits per heavy atom. The van der Waals surface area contributed by atoms with Gasteiger partial charge in [-0.05, 0) is 67.6 Å². The Balaban J connectivity index is 1.67. The number of aliphatic hydroxyl groups is 1. The standard InChI is InChI=1S/C19H29NO/c1-18-9-7-13(21)11-12(18)3-4-14-15-5-6-17(20)19(15,2)10-8-16(14)18/h6-7,9,12-16,21H,3-5,8,10-11,20H2,1-2H3/t12?,13-,14-,15-,16-,18-,19-/m0/s1. The Bertz CT molecular complexity index is 510. The van der Waals surface area contributed by atoms with Gasteiger partial charge in [-0.2, -0.15) is 0 Å². The summed E-state index contributed by atoms with van der Waals surface area (Å²) in [4.78, 5) is 0. The van der Waals surface area contributed by atoms with Crippen molar-refractivity contribution >= 4 is 0 Å². The number of nitrogens with two attached hydrogens (primary N) is 1. The van der Waals surface area contributed by atoms with E-state index in [0.717, 1.165) is 29.9 Å². The van der Waals surface area contributed by atoms with Gasteiger partial charge in [0.2, 0.25) is 0 Å². The molecule has 116 valence electrons. The van der Waals surface area contributed by atoms with Crippen LogP contribution in [0, 0.1) is 34.5 Å². The largest absolute Gasteiger partial charge is 0.402 e. The average molecular weight is 287 g/mol. The number of hydrogen-bond donors (Lipinski definition) is 2. The van der Waals surface area contributed by atoms with Gasteiger partial charge in [-0.1, -0.05) is 32.1 Å². The molecule has 0 aromatic heterocycles. The van der Waals surface area contributed by atoms with Crippen molar-refractivity contribution < 1.29 is 5.11 Å². The molecule has 4 aliphatic rings. The first-order valence-electron chi connectivity index (χ1n) is 8.78. The summed E-state index contributed by atoms with van der Waals surface area (Å²) in [6.07, 6.45) is 13.9. The van der Waals surface area contributed by atoms with Crippen molar-refractivity contribution in [2.24, 2.45) is 40.2 Å². The maximum absolute atomic E-state index is 9.97. The first-order chi connectivity index (χ1) is 9.95. The van der Waals surface area contributed by atoms with Gasteiger partial charge in [0.1, 0.15) is 0 Å². The molecule has 0 heterocycles. The van der Waals surface area contributed by atoms with E-state index in [2.05, 4.69) is 32.1 Å². The molecule has 1 unspecified atom stereocenters. The van der Waals surface area contributed by atoms with Crippen LogP contribution in [0.2, 0.25) is 0 Å². The topological polar surface area (TPSA) is 46.2 Å². The average Bonchev–Trinajstić information content (AvgIpc) is 2.76. The third-order valence-corrected chi connectivity index (χ3v) is 7.81. The second-order valence-electron chi connectivity index (χ2n) is 8.53. The SMILES string of the molecule is C[C@]12C=C[C@H](O)CC1CC[C@@H]1[C@@H]2CC[C@]2(C)C(N)=CC[C@@H]12. The molecular formula is C19H29NO. The van der Waals surface area contributed by atoms with Crippen molar-refractivity contribution in [1.29, 1.82) is 0 Å². The highest BCUT2D eigenvalue weighted by molar-refractivity contribution is 5.24. The molecule has 4 rings (SSSR count). The van der Waals surface area contributed by atoms with E-state index in [-0.39, 0.29) is 11.5 Å². The summed E-state index contributed by atoms with van der Waals surface area (Å²) in [7, 11) is 0. The second kappa shape index (κ2) is 4.38. The highest BCUT2D eigenvalue weighted by Crippen LogP contribution is 2.64. The third kappa shape index (κ3) is 1.75. The highest BCUT2D eigenvalue weighted by atomic mass is 16.3. The van der Waals surface area contributed by atoms with E-state index in [1.165, 1.54) is 32.1 Å². The van der Waals surface area contributed by atoms with Crippen LogP contribution < -0.4 is 5.73 Å². The number of allylic oxidation sites excluding steroid dienone is 3. The van der Waals surface area contributed by atoms with Crippen LogP contribution in [0.3, 0.4) is 0 Å². The molecule has 0 aromatic rings. The minimum Gasteiger partial charge on any atom is -0.402 e. The number of rotatable bonds is 0. The van der Waals surface area contributed by atoms with Crippen LogP contribution in [0.15, 0.2) is 23.9 Å². The fourth-order valence-corrected chi connectivity index (χ4v) is 6.39. The molecule has 0 saturated heterocycles. The van der Waals surface area contributed by atoms with Gasteiger partial charge < -0.3 is 10.8 Å². The van der Waals surface area contributed by atoms with Crippen LogP contribution in [0.25, 0.3) is 0 Å². The Hall–Kier alpha value is -0.760. The van der Waals surface area contributed by atoms with Crippen molar-refractivity contribution in [2.75, 3.05) is 0 Å². The van der Waals surface area contributed by atoms with E-state index in [1.54, 1.807) is 0 Å².